The van der Waals surface area contributed by atoms with E-state index in [-0.39, 0.29) is 17.7 Å². The number of piperidine rings is 1. The summed E-state index contributed by atoms with van der Waals surface area (Å²) in [5.74, 6) is 0.434. The highest BCUT2D eigenvalue weighted by atomic mass is 16.5. The van der Waals surface area contributed by atoms with Crippen molar-refractivity contribution >= 4 is 57.3 Å². The Labute approximate surface area is 341 Å². The molecule has 5 aliphatic heterocycles. The molecule has 1 atom stereocenters. The minimum Gasteiger partial charge on any atom is -0.474 e. The van der Waals surface area contributed by atoms with Crippen molar-refractivity contribution < 1.29 is 19.1 Å². The van der Waals surface area contributed by atoms with Crippen molar-refractivity contribution in [1.29, 1.82) is 0 Å². The molecule has 3 saturated heterocycles. The summed E-state index contributed by atoms with van der Waals surface area (Å²) < 4.78 is 7.60. The van der Waals surface area contributed by atoms with Gasteiger partial charge in [-0.05, 0) is 49.1 Å². The molecule has 3 N–H and O–H groups in total. The summed E-state index contributed by atoms with van der Waals surface area (Å²) in [6.45, 7) is 10.0. The highest BCUT2D eigenvalue weighted by Crippen LogP contribution is 2.37. The number of ether oxygens (including phenoxy) is 1. The van der Waals surface area contributed by atoms with Crippen molar-refractivity contribution in [2.45, 2.75) is 51.1 Å². The first kappa shape index (κ1) is 37.0. The lowest BCUT2D eigenvalue weighted by atomic mass is 9.92. The second kappa shape index (κ2) is 15.1. The molecule has 1 unspecified atom stereocenters. The Balaban J connectivity index is 0.707. The van der Waals surface area contributed by atoms with E-state index in [1.807, 2.05) is 65.4 Å². The van der Waals surface area contributed by atoms with Crippen LogP contribution in [0, 0.1) is 6.92 Å². The van der Waals surface area contributed by atoms with Gasteiger partial charge in [-0.3, -0.25) is 29.3 Å². The average molecular weight is 797 g/mol. The fraction of sp³-hybridized carbons (Fsp3) is 0.419. The maximum absolute atomic E-state index is 13.3. The Kier molecular flexibility index (Phi) is 9.50. The fourth-order valence-corrected chi connectivity index (χ4v) is 9.25. The average Bonchev–Trinajstić information content (AvgIpc) is 3.57. The molecule has 0 saturated carbocycles. The van der Waals surface area contributed by atoms with E-state index in [1.165, 1.54) is 0 Å². The maximum atomic E-state index is 13.3. The lowest BCUT2D eigenvalue weighted by Crippen LogP contribution is -2.64. The molecule has 10 rings (SSSR count). The normalized spacial score (nSPS) is 19.7. The SMILES string of the molecule is Cc1c(N2CCc3cnc(Nc4ccc(CC(=O)N5CC(N6CCN(c7cccc8c(C9CCC(=O)NC9=O)nn(C)c78)CC6)C5)cc4)nc3C2)cnc2c1NCCO2. The van der Waals surface area contributed by atoms with Crippen LogP contribution in [0.1, 0.15) is 46.8 Å². The smallest absolute Gasteiger partial charge is 0.237 e. The van der Waals surface area contributed by atoms with E-state index in [9.17, 15) is 14.4 Å². The van der Waals surface area contributed by atoms with Gasteiger partial charge in [-0.2, -0.15) is 5.10 Å². The van der Waals surface area contributed by atoms with Gasteiger partial charge in [0, 0.05) is 94.7 Å². The molecule has 5 aliphatic rings. The molecule has 16 heteroatoms. The molecule has 3 amide bonds. The molecular formula is C43H48N12O4. The second-order valence-electron chi connectivity index (χ2n) is 16.2. The van der Waals surface area contributed by atoms with Gasteiger partial charge in [-0.1, -0.05) is 24.3 Å². The number of para-hydroxylation sites is 1. The molecule has 0 aliphatic carbocycles. The number of rotatable bonds is 8. The predicted molar refractivity (Wildman–Crippen MR) is 223 cm³/mol. The minimum absolute atomic E-state index is 0.144. The van der Waals surface area contributed by atoms with Crippen LogP contribution >= 0.6 is 0 Å². The summed E-state index contributed by atoms with van der Waals surface area (Å²) in [6.07, 6.45) is 5.84. The van der Waals surface area contributed by atoms with Gasteiger partial charge in [0.2, 0.25) is 29.5 Å². The Bertz CT molecular complexity index is 2460. The number of hydrogen-bond acceptors (Lipinski definition) is 13. The van der Waals surface area contributed by atoms with Gasteiger partial charge < -0.3 is 30.1 Å². The number of carbonyl (C=O) groups is 3. The molecule has 0 bridgehead atoms. The molecular weight excluding hydrogens is 749 g/mol. The van der Waals surface area contributed by atoms with Crippen LogP contribution in [0.2, 0.25) is 0 Å². The van der Waals surface area contributed by atoms with Crippen molar-refractivity contribution in [2.75, 3.05) is 79.4 Å². The maximum Gasteiger partial charge on any atom is 0.237 e. The van der Waals surface area contributed by atoms with Gasteiger partial charge >= 0.3 is 0 Å². The third kappa shape index (κ3) is 7.04. The van der Waals surface area contributed by atoms with Crippen LogP contribution in [0.4, 0.5) is 28.7 Å². The van der Waals surface area contributed by atoms with Crippen LogP contribution in [0.3, 0.4) is 0 Å². The lowest BCUT2D eigenvalue weighted by molar-refractivity contribution is -0.138. The third-order valence-corrected chi connectivity index (χ3v) is 12.6. The number of likely N-dealkylation sites (tertiary alicyclic amines) is 1. The van der Waals surface area contributed by atoms with E-state index in [4.69, 9.17) is 14.8 Å². The Hall–Kier alpha value is -6.29. The van der Waals surface area contributed by atoms with Crippen molar-refractivity contribution in [2.24, 2.45) is 7.05 Å². The molecule has 3 fully saturated rings. The number of aromatic nitrogens is 5. The van der Waals surface area contributed by atoms with Crippen molar-refractivity contribution in [3.05, 3.63) is 82.9 Å². The number of nitrogens with one attached hydrogen (secondary N) is 3. The summed E-state index contributed by atoms with van der Waals surface area (Å²) in [4.78, 5) is 61.0. The summed E-state index contributed by atoms with van der Waals surface area (Å²) in [5.41, 5.74) is 10.0. The molecule has 2 aromatic carbocycles. The zero-order chi connectivity index (χ0) is 40.2. The molecule has 5 aromatic rings. The predicted octanol–water partition coefficient (Wildman–Crippen LogP) is 3.27. The van der Waals surface area contributed by atoms with E-state index >= 15 is 0 Å². The number of piperazine rings is 1. The molecule has 0 spiro atoms. The van der Waals surface area contributed by atoms with Gasteiger partial charge in [0.1, 0.15) is 12.3 Å². The summed E-state index contributed by atoms with van der Waals surface area (Å²) >= 11 is 0. The molecule has 0 radical (unpaired) electrons. The van der Waals surface area contributed by atoms with Crippen molar-refractivity contribution in [3.8, 4) is 5.88 Å². The van der Waals surface area contributed by atoms with Crippen LogP contribution in [0.25, 0.3) is 10.9 Å². The van der Waals surface area contributed by atoms with Crippen LogP contribution in [-0.4, -0.2) is 117 Å². The van der Waals surface area contributed by atoms with E-state index in [0.29, 0.717) is 50.3 Å². The lowest BCUT2D eigenvalue weighted by Gasteiger charge is -2.48. The number of anilines is 5. The third-order valence-electron chi connectivity index (χ3n) is 12.6. The standard InChI is InChI=1S/C43H48N12O4/c1-26-35(22-45-42-38(26)44-13-19-59-42)54-14-12-28-21-46-43(48-33(28)25-54)47-29-8-6-27(7-9-29)20-37(57)55-23-30(24-55)52-15-17-53(18-16-52)34-5-3-4-31-39(50-51(2)40(31)34)32-10-11-36(56)49-41(32)58/h3-9,21-22,30,32,44H,10-20,23-25H2,1-2H3,(H,46,47,48)(H,49,56,58). The van der Waals surface area contributed by atoms with Crippen molar-refractivity contribution in [1.82, 2.24) is 39.8 Å². The highest BCUT2D eigenvalue weighted by molar-refractivity contribution is 6.03. The largest absolute Gasteiger partial charge is 0.474 e. The molecule has 16 nitrogen and oxygen atoms in total. The van der Waals surface area contributed by atoms with Crippen LogP contribution in [-0.2, 0) is 40.8 Å². The number of fused-ring (bicyclic) bond motifs is 3. The monoisotopic (exact) mass is 796 g/mol. The van der Waals surface area contributed by atoms with E-state index in [1.54, 1.807) is 0 Å². The summed E-state index contributed by atoms with van der Waals surface area (Å²) in [5, 5.41) is 15.0. The molecule has 59 heavy (non-hydrogen) atoms. The van der Waals surface area contributed by atoms with E-state index in [2.05, 4.69) is 53.6 Å². The number of hydrogen-bond donors (Lipinski definition) is 3. The van der Waals surface area contributed by atoms with Crippen molar-refractivity contribution in [3.63, 3.8) is 0 Å². The van der Waals surface area contributed by atoms with Crippen LogP contribution in [0.15, 0.2) is 54.9 Å². The van der Waals surface area contributed by atoms with Gasteiger partial charge in [0.25, 0.3) is 0 Å². The quantitative estimate of drug-likeness (QED) is 0.196. The van der Waals surface area contributed by atoms with E-state index < -0.39 is 5.92 Å². The first-order valence-electron chi connectivity index (χ1n) is 20.6. The number of nitrogens with zero attached hydrogens (tertiary/aromatic N) is 9. The Morgan fingerprint density at radius 2 is 1.78 bits per heavy atom. The molecule has 304 valence electrons. The first-order valence-corrected chi connectivity index (χ1v) is 20.6. The summed E-state index contributed by atoms with van der Waals surface area (Å²) in [7, 11) is 1.92. The fourth-order valence-electron chi connectivity index (χ4n) is 9.25. The highest BCUT2D eigenvalue weighted by Gasteiger charge is 2.37. The van der Waals surface area contributed by atoms with Gasteiger partial charge in [0.15, 0.2) is 0 Å². The van der Waals surface area contributed by atoms with Gasteiger partial charge in [-0.15, -0.1) is 0 Å². The number of amides is 3. The number of carbonyl (C=O) groups excluding carboxylic acids is 3. The zero-order valence-corrected chi connectivity index (χ0v) is 33.4. The topological polar surface area (TPSA) is 166 Å². The second-order valence-corrected chi connectivity index (χ2v) is 16.2. The molecule has 3 aromatic heterocycles. The van der Waals surface area contributed by atoms with Crippen LogP contribution in [0.5, 0.6) is 5.88 Å². The first-order chi connectivity index (χ1) is 28.8. The summed E-state index contributed by atoms with van der Waals surface area (Å²) in [6, 6.07) is 14.5. The Morgan fingerprint density at radius 1 is 0.949 bits per heavy atom. The molecule has 8 heterocycles. The number of imide groups is 1. The van der Waals surface area contributed by atoms with Crippen LogP contribution < -0.4 is 30.5 Å². The number of benzene rings is 2. The van der Waals surface area contributed by atoms with Gasteiger partial charge in [-0.25, -0.2) is 15.0 Å². The number of aryl methyl sites for hydroxylation is 1. The Morgan fingerprint density at radius 3 is 2.59 bits per heavy atom. The van der Waals surface area contributed by atoms with Gasteiger partial charge in [0.05, 0.1) is 53.4 Å². The van der Waals surface area contributed by atoms with E-state index in [0.717, 1.165) is 121 Å². The minimum atomic E-state index is -0.429. The number of pyridine rings is 1. The zero-order valence-electron chi connectivity index (χ0n) is 33.4.